The first-order valence-electron chi connectivity index (χ1n) is 7.86. The molecule has 0 saturated heterocycles. The van der Waals surface area contributed by atoms with Crippen molar-refractivity contribution in [2.45, 2.75) is 25.8 Å². The number of carbonyl (C=O) groups is 2. The first-order valence-corrected chi connectivity index (χ1v) is 8.24. The number of aromatic nitrogens is 2. The average Bonchev–Trinajstić information content (AvgIpc) is 2.88. The van der Waals surface area contributed by atoms with Crippen molar-refractivity contribution in [2.24, 2.45) is 0 Å². The van der Waals surface area contributed by atoms with Crippen LogP contribution < -0.4 is 14.8 Å². The van der Waals surface area contributed by atoms with E-state index in [2.05, 4.69) is 10.4 Å². The molecule has 26 heavy (non-hydrogen) atoms. The van der Waals surface area contributed by atoms with Gasteiger partial charge in [0.2, 0.25) is 5.91 Å². The molecule has 0 spiro atoms. The summed E-state index contributed by atoms with van der Waals surface area (Å²) in [6, 6.07) is 3.51. The molecule has 0 fully saturated rings. The molecule has 0 bridgehead atoms. The number of carboxylic acid groups (broad SMARTS) is 1. The van der Waals surface area contributed by atoms with Gasteiger partial charge >= 0.3 is 5.97 Å². The van der Waals surface area contributed by atoms with Crippen LogP contribution in [0.2, 0.25) is 5.02 Å². The highest BCUT2D eigenvalue weighted by atomic mass is 35.5. The smallest absolute Gasteiger partial charge is 0.325 e. The zero-order valence-corrected chi connectivity index (χ0v) is 15.3. The summed E-state index contributed by atoms with van der Waals surface area (Å²) in [6.45, 7) is 1.43. The molecule has 1 aliphatic heterocycles. The normalized spacial score (nSPS) is 16.0. The maximum Gasteiger partial charge on any atom is 0.325 e. The van der Waals surface area contributed by atoms with Gasteiger partial charge in [-0.3, -0.25) is 9.59 Å². The molecule has 2 N–H and O–H groups in total. The van der Waals surface area contributed by atoms with Gasteiger partial charge in [-0.15, -0.1) is 0 Å². The topological polar surface area (TPSA) is 103 Å². The van der Waals surface area contributed by atoms with Crippen LogP contribution in [-0.2, 0) is 16.1 Å². The molecule has 8 nitrogen and oxygen atoms in total. The molecular formula is C17H18ClN3O5. The fraction of sp³-hybridized carbons (Fsp3) is 0.353. The van der Waals surface area contributed by atoms with Crippen LogP contribution in [0.4, 0.5) is 5.82 Å². The highest BCUT2D eigenvalue weighted by molar-refractivity contribution is 6.33. The van der Waals surface area contributed by atoms with E-state index in [0.717, 1.165) is 5.56 Å². The number of fused-ring (bicyclic) bond motifs is 1. The van der Waals surface area contributed by atoms with Gasteiger partial charge in [-0.2, -0.15) is 5.10 Å². The van der Waals surface area contributed by atoms with Crippen LogP contribution in [0.1, 0.15) is 29.2 Å². The molecule has 0 aliphatic carbocycles. The Morgan fingerprint density at radius 2 is 2.15 bits per heavy atom. The van der Waals surface area contributed by atoms with Gasteiger partial charge in [0, 0.05) is 17.9 Å². The van der Waals surface area contributed by atoms with E-state index in [9.17, 15) is 9.59 Å². The monoisotopic (exact) mass is 379 g/mol. The van der Waals surface area contributed by atoms with Gasteiger partial charge in [0.1, 0.15) is 12.4 Å². The standard InChI is InChI=1S/C17H18ClN3O5/c1-8-14-10(9-4-5-11(25-2)16(26-3)15(9)18)6-12(22)19-17(14)21(20-8)7-13(23)24/h4-5,10H,6-7H2,1-3H3,(H,19,22)(H,23,24)/t10-/m1/s1. The number of carbonyl (C=O) groups excluding carboxylic acids is 1. The van der Waals surface area contributed by atoms with Crippen molar-refractivity contribution in [1.82, 2.24) is 9.78 Å². The summed E-state index contributed by atoms with van der Waals surface area (Å²) in [5.74, 6) is -0.392. The number of nitrogens with one attached hydrogen (secondary N) is 1. The Kier molecular flexibility index (Phi) is 4.78. The summed E-state index contributed by atoms with van der Waals surface area (Å²) >= 11 is 6.53. The van der Waals surface area contributed by atoms with Crippen LogP contribution in [0.15, 0.2) is 12.1 Å². The number of hydrogen-bond donors (Lipinski definition) is 2. The maximum atomic E-state index is 12.2. The number of aryl methyl sites for hydroxylation is 1. The van der Waals surface area contributed by atoms with Crippen LogP contribution in [0.25, 0.3) is 0 Å². The molecular weight excluding hydrogens is 362 g/mol. The number of benzene rings is 1. The van der Waals surface area contributed by atoms with Crippen molar-refractivity contribution in [3.05, 3.63) is 34.0 Å². The van der Waals surface area contributed by atoms with E-state index < -0.39 is 5.97 Å². The Morgan fingerprint density at radius 1 is 1.42 bits per heavy atom. The third-order valence-corrected chi connectivity index (χ3v) is 4.73. The van der Waals surface area contributed by atoms with Crippen LogP contribution in [0, 0.1) is 6.92 Å². The summed E-state index contributed by atoms with van der Waals surface area (Å²) in [5, 5.41) is 16.4. The van der Waals surface area contributed by atoms with Gasteiger partial charge in [0.25, 0.3) is 0 Å². The fourth-order valence-electron chi connectivity index (χ4n) is 3.30. The first-order chi connectivity index (χ1) is 12.4. The summed E-state index contributed by atoms with van der Waals surface area (Å²) in [7, 11) is 3.00. The highest BCUT2D eigenvalue weighted by Gasteiger charge is 2.34. The van der Waals surface area contributed by atoms with E-state index in [1.165, 1.54) is 18.9 Å². The first kappa shape index (κ1) is 18.1. The quantitative estimate of drug-likeness (QED) is 0.827. The van der Waals surface area contributed by atoms with E-state index in [-0.39, 0.29) is 24.8 Å². The summed E-state index contributed by atoms with van der Waals surface area (Å²) in [6.07, 6.45) is 0.168. The Balaban J connectivity index is 2.16. The van der Waals surface area contributed by atoms with Crippen LogP contribution in [0.3, 0.4) is 0 Å². The zero-order chi connectivity index (χ0) is 19.0. The van der Waals surface area contributed by atoms with Gasteiger partial charge in [-0.1, -0.05) is 17.7 Å². The molecule has 0 unspecified atom stereocenters. The van der Waals surface area contributed by atoms with Gasteiger partial charge in [0.15, 0.2) is 11.5 Å². The maximum absolute atomic E-state index is 12.2. The summed E-state index contributed by atoms with van der Waals surface area (Å²) in [4.78, 5) is 23.3. The molecule has 0 saturated carbocycles. The zero-order valence-electron chi connectivity index (χ0n) is 14.5. The number of aliphatic carboxylic acids is 1. The molecule has 3 rings (SSSR count). The van der Waals surface area contributed by atoms with Crippen molar-refractivity contribution < 1.29 is 24.2 Å². The van der Waals surface area contributed by atoms with Crippen molar-refractivity contribution >= 4 is 29.3 Å². The second kappa shape index (κ2) is 6.87. The number of nitrogens with zero attached hydrogens (tertiary/aromatic N) is 2. The molecule has 1 aromatic heterocycles. The predicted molar refractivity (Wildman–Crippen MR) is 94.2 cm³/mol. The van der Waals surface area contributed by atoms with Gasteiger partial charge in [0.05, 0.1) is 24.9 Å². The molecule has 2 heterocycles. The fourth-order valence-corrected chi connectivity index (χ4v) is 3.66. The van der Waals surface area contributed by atoms with Gasteiger partial charge in [-0.05, 0) is 18.6 Å². The van der Waals surface area contributed by atoms with Crippen molar-refractivity contribution in [1.29, 1.82) is 0 Å². The second-order valence-corrected chi connectivity index (χ2v) is 6.29. The number of methoxy groups -OCH3 is 2. The van der Waals surface area contributed by atoms with Crippen LogP contribution in [0.5, 0.6) is 11.5 Å². The van der Waals surface area contributed by atoms with Gasteiger partial charge < -0.3 is 19.9 Å². The van der Waals surface area contributed by atoms with Crippen molar-refractivity contribution in [3.63, 3.8) is 0 Å². The molecule has 0 radical (unpaired) electrons. The van der Waals surface area contributed by atoms with E-state index >= 15 is 0 Å². The number of hydrogen-bond acceptors (Lipinski definition) is 5. The second-order valence-electron chi connectivity index (χ2n) is 5.91. The van der Waals surface area contributed by atoms with E-state index in [1.54, 1.807) is 19.1 Å². The third-order valence-electron chi connectivity index (χ3n) is 4.34. The Labute approximate surface area is 154 Å². The molecule has 1 aromatic carbocycles. The Morgan fingerprint density at radius 3 is 2.77 bits per heavy atom. The lowest BCUT2D eigenvalue weighted by Gasteiger charge is -2.26. The molecule has 1 amide bonds. The van der Waals surface area contributed by atoms with Crippen LogP contribution in [-0.4, -0.2) is 41.0 Å². The average molecular weight is 380 g/mol. The van der Waals surface area contributed by atoms with Crippen molar-refractivity contribution in [2.75, 3.05) is 19.5 Å². The van der Waals surface area contributed by atoms with E-state index in [0.29, 0.717) is 33.6 Å². The number of amides is 1. The molecule has 2 aromatic rings. The van der Waals surface area contributed by atoms with Crippen molar-refractivity contribution in [3.8, 4) is 11.5 Å². The predicted octanol–water partition coefficient (Wildman–Crippen LogP) is 2.42. The van der Waals surface area contributed by atoms with E-state index in [4.69, 9.17) is 26.2 Å². The minimum Gasteiger partial charge on any atom is -0.493 e. The summed E-state index contributed by atoms with van der Waals surface area (Å²) in [5.41, 5.74) is 2.08. The number of halogens is 1. The van der Waals surface area contributed by atoms with E-state index in [1.807, 2.05) is 0 Å². The molecule has 1 aliphatic rings. The highest BCUT2D eigenvalue weighted by Crippen LogP contribution is 2.46. The Bertz CT molecular complexity index is 893. The Hall–Kier alpha value is -2.74. The SMILES string of the molecule is COc1ccc([C@H]2CC(=O)Nc3c2c(C)nn3CC(=O)O)c(Cl)c1OC. The lowest BCUT2D eigenvalue weighted by Crippen LogP contribution is -2.26. The number of ether oxygens (including phenoxy) is 2. The minimum atomic E-state index is -1.05. The third kappa shape index (κ3) is 2.96. The summed E-state index contributed by atoms with van der Waals surface area (Å²) < 4.78 is 11.9. The number of carboxylic acids is 1. The lowest BCUT2D eigenvalue weighted by molar-refractivity contribution is -0.137. The minimum absolute atomic E-state index is 0.168. The number of rotatable bonds is 5. The molecule has 9 heteroatoms. The van der Waals surface area contributed by atoms with Gasteiger partial charge in [-0.25, -0.2) is 4.68 Å². The molecule has 1 atom stereocenters. The lowest BCUT2D eigenvalue weighted by atomic mass is 9.85. The molecule has 138 valence electrons. The number of anilines is 1. The largest absolute Gasteiger partial charge is 0.493 e. The van der Waals surface area contributed by atoms with Crippen LogP contribution >= 0.6 is 11.6 Å².